The van der Waals surface area contributed by atoms with Crippen molar-refractivity contribution in [1.82, 2.24) is 10.2 Å². The van der Waals surface area contributed by atoms with Gasteiger partial charge in [-0.1, -0.05) is 6.58 Å². The number of aliphatic hydroxyl groups is 1. The summed E-state index contributed by atoms with van der Waals surface area (Å²) in [6.07, 6.45) is 3.93. The molecule has 22 heavy (non-hydrogen) atoms. The summed E-state index contributed by atoms with van der Waals surface area (Å²) in [6.45, 7) is 11.8. The monoisotopic (exact) mass is 330 g/mol. The van der Waals surface area contributed by atoms with Crippen LogP contribution in [0.15, 0.2) is 12.7 Å². The number of rotatable bonds is 12. The van der Waals surface area contributed by atoms with Crippen molar-refractivity contribution in [3.63, 3.8) is 0 Å². The third kappa shape index (κ3) is 9.84. The van der Waals surface area contributed by atoms with Gasteiger partial charge in [0.15, 0.2) is 0 Å². The highest BCUT2D eigenvalue weighted by atomic mass is 32.2. The number of hydrogen-bond acceptors (Lipinski definition) is 4. The average Bonchev–Trinajstić information content (AvgIpc) is 2.42. The van der Waals surface area contributed by atoms with E-state index >= 15 is 0 Å². The molecule has 0 spiro atoms. The first-order chi connectivity index (χ1) is 10.1. The highest BCUT2D eigenvalue weighted by Gasteiger charge is 2.29. The molecule has 0 atom stereocenters. The van der Waals surface area contributed by atoms with Crippen molar-refractivity contribution in [2.45, 2.75) is 51.7 Å². The van der Waals surface area contributed by atoms with Gasteiger partial charge in [0.1, 0.15) is 0 Å². The van der Waals surface area contributed by atoms with Gasteiger partial charge in [0.05, 0.1) is 5.60 Å². The van der Waals surface area contributed by atoms with Crippen LogP contribution >= 0.6 is 11.8 Å². The Bertz CT molecular complexity index is 365. The molecule has 0 unspecified atom stereocenters. The smallest absolute Gasteiger partial charge is 0.243 e. The van der Waals surface area contributed by atoms with Gasteiger partial charge >= 0.3 is 0 Å². The summed E-state index contributed by atoms with van der Waals surface area (Å²) in [5.74, 6) is 1.69. The lowest BCUT2D eigenvalue weighted by atomic mass is 9.95. The van der Waals surface area contributed by atoms with Gasteiger partial charge < -0.3 is 15.3 Å². The van der Waals surface area contributed by atoms with Crippen LogP contribution in [0.5, 0.6) is 0 Å². The van der Waals surface area contributed by atoms with Gasteiger partial charge in [-0.05, 0) is 52.4 Å². The van der Waals surface area contributed by atoms with Gasteiger partial charge in [-0.2, -0.15) is 11.8 Å². The van der Waals surface area contributed by atoms with Gasteiger partial charge in [-0.25, -0.2) is 0 Å². The van der Waals surface area contributed by atoms with E-state index in [4.69, 9.17) is 0 Å². The van der Waals surface area contributed by atoms with E-state index < -0.39 is 5.60 Å². The van der Waals surface area contributed by atoms with E-state index in [1.165, 1.54) is 6.08 Å². The Balaban J connectivity index is 3.98. The van der Waals surface area contributed by atoms with E-state index in [1.54, 1.807) is 30.5 Å². The number of nitrogens with zero attached hydrogens (tertiary/aromatic N) is 1. The van der Waals surface area contributed by atoms with E-state index in [0.29, 0.717) is 13.1 Å². The lowest BCUT2D eigenvalue weighted by Crippen LogP contribution is -2.49. The van der Waals surface area contributed by atoms with Crippen molar-refractivity contribution < 1.29 is 14.7 Å². The highest BCUT2D eigenvalue weighted by molar-refractivity contribution is 7.99. The van der Waals surface area contributed by atoms with Crippen LogP contribution in [0, 0.1) is 0 Å². The Kier molecular flexibility index (Phi) is 9.44. The van der Waals surface area contributed by atoms with Crippen molar-refractivity contribution in [1.29, 1.82) is 0 Å². The number of hydrogen-bond donors (Lipinski definition) is 2. The third-order valence-electron chi connectivity index (χ3n) is 3.27. The molecule has 0 fully saturated rings. The van der Waals surface area contributed by atoms with E-state index in [2.05, 4.69) is 11.9 Å². The molecule has 0 aromatic rings. The summed E-state index contributed by atoms with van der Waals surface area (Å²) < 4.78 is 0. The molecule has 0 radical (unpaired) electrons. The molecule has 5 nitrogen and oxygen atoms in total. The van der Waals surface area contributed by atoms with Gasteiger partial charge in [0.25, 0.3) is 0 Å². The number of thioether (sulfide) groups is 1. The molecule has 6 heteroatoms. The number of amides is 2. The molecule has 128 valence electrons. The van der Waals surface area contributed by atoms with Crippen LogP contribution in [0.3, 0.4) is 0 Å². The summed E-state index contributed by atoms with van der Waals surface area (Å²) in [7, 11) is 0. The summed E-state index contributed by atoms with van der Waals surface area (Å²) in [5.41, 5.74) is -1.17. The molecule has 0 aromatic heterocycles. The van der Waals surface area contributed by atoms with Crippen molar-refractivity contribution >= 4 is 24.1 Å². The Morgan fingerprint density at radius 2 is 1.95 bits per heavy atom. The summed E-state index contributed by atoms with van der Waals surface area (Å²) in [4.78, 5) is 23.9. The predicted molar refractivity (Wildman–Crippen MR) is 92.9 cm³/mol. The lowest BCUT2D eigenvalue weighted by molar-refractivity contribution is -0.127. The normalized spacial score (nSPS) is 11.9. The minimum Gasteiger partial charge on any atom is -0.389 e. The summed E-state index contributed by atoms with van der Waals surface area (Å²) in [6, 6.07) is 0. The average molecular weight is 330 g/mol. The molecule has 0 aliphatic heterocycles. The topological polar surface area (TPSA) is 69.6 Å². The molecular weight excluding hydrogens is 300 g/mol. The number of β-amino-alcohol motifs (C(OH)–C–C–N with tert-alkyl or cyclic N) is 1. The molecule has 0 bridgehead atoms. The molecule has 0 saturated heterocycles. The molecular formula is C16H30N2O3S. The Morgan fingerprint density at radius 3 is 2.45 bits per heavy atom. The zero-order valence-electron chi connectivity index (χ0n) is 14.2. The van der Waals surface area contributed by atoms with E-state index in [9.17, 15) is 14.7 Å². The number of carbonyl (C=O) groups excluding carboxylic acids is 2. The maximum Gasteiger partial charge on any atom is 0.243 e. The largest absolute Gasteiger partial charge is 0.389 e. The Hall–Kier alpha value is -1.01. The number of nitrogens with one attached hydrogen (secondary N) is 1. The maximum atomic E-state index is 11.3. The third-order valence-corrected chi connectivity index (χ3v) is 4.34. The quantitative estimate of drug-likeness (QED) is 0.325. The predicted octanol–water partition coefficient (Wildman–Crippen LogP) is 1.81. The molecule has 0 rings (SSSR count). The zero-order valence-corrected chi connectivity index (χ0v) is 15.0. The van der Waals surface area contributed by atoms with Gasteiger partial charge in [-0.3, -0.25) is 9.59 Å². The Labute approximate surface area is 138 Å². The van der Waals surface area contributed by atoms with E-state index in [1.807, 2.05) is 13.8 Å². The zero-order chi connectivity index (χ0) is 17.2. The van der Waals surface area contributed by atoms with Crippen molar-refractivity contribution in [2.24, 2.45) is 0 Å². The molecule has 2 N–H and O–H groups in total. The second kappa shape index (κ2) is 9.90. The fourth-order valence-corrected chi connectivity index (χ4v) is 2.78. The molecule has 0 aromatic carbocycles. The van der Waals surface area contributed by atoms with Gasteiger partial charge in [0, 0.05) is 24.4 Å². The first kappa shape index (κ1) is 21.0. The van der Waals surface area contributed by atoms with Crippen LogP contribution in [0.2, 0.25) is 0 Å². The van der Waals surface area contributed by atoms with E-state index in [0.717, 1.165) is 30.8 Å². The van der Waals surface area contributed by atoms with Crippen LogP contribution in [-0.2, 0) is 9.59 Å². The van der Waals surface area contributed by atoms with Crippen molar-refractivity contribution in [2.75, 3.05) is 24.6 Å². The SMILES string of the molecule is C=CC(=O)NCCSCCCC(C)(C)N(C=O)CC(C)(C)O. The fraction of sp³-hybridized carbons (Fsp3) is 0.750. The lowest BCUT2D eigenvalue weighted by Gasteiger charge is -2.39. The fourth-order valence-electron chi connectivity index (χ4n) is 1.98. The van der Waals surface area contributed by atoms with Crippen LogP contribution in [0.4, 0.5) is 0 Å². The molecule has 0 heterocycles. The molecule has 0 aliphatic carbocycles. The van der Waals surface area contributed by atoms with Crippen LogP contribution < -0.4 is 5.32 Å². The minimum absolute atomic E-state index is 0.144. The standard InChI is InChI=1S/C16H30N2O3S/c1-6-14(20)17-9-11-22-10-7-8-15(2,3)18(13-19)12-16(4,5)21/h6,13,21H,1,7-12H2,2-5H3,(H,17,20). The second-order valence-electron chi connectivity index (χ2n) is 6.57. The second-order valence-corrected chi connectivity index (χ2v) is 7.79. The van der Waals surface area contributed by atoms with E-state index in [-0.39, 0.29) is 11.4 Å². The molecule has 2 amide bonds. The molecule has 0 aliphatic rings. The van der Waals surface area contributed by atoms with Gasteiger partial charge in [-0.15, -0.1) is 0 Å². The first-order valence-corrected chi connectivity index (χ1v) is 8.70. The first-order valence-electron chi connectivity index (χ1n) is 7.55. The summed E-state index contributed by atoms with van der Waals surface area (Å²) in [5, 5.41) is 12.6. The Morgan fingerprint density at radius 1 is 1.32 bits per heavy atom. The number of carbonyl (C=O) groups is 2. The highest BCUT2D eigenvalue weighted by Crippen LogP contribution is 2.22. The van der Waals surface area contributed by atoms with Crippen molar-refractivity contribution in [3.05, 3.63) is 12.7 Å². The van der Waals surface area contributed by atoms with Crippen molar-refractivity contribution in [3.8, 4) is 0 Å². The molecule has 0 saturated carbocycles. The summed E-state index contributed by atoms with van der Waals surface area (Å²) >= 11 is 1.77. The maximum absolute atomic E-state index is 11.3. The van der Waals surface area contributed by atoms with Gasteiger partial charge in [0.2, 0.25) is 12.3 Å². The minimum atomic E-state index is -0.893. The van der Waals surface area contributed by atoms with Crippen LogP contribution in [0.1, 0.15) is 40.5 Å². The van der Waals surface area contributed by atoms with Crippen LogP contribution in [0.25, 0.3) is 0 Å². The van der Waals surface area contributed by atoms with Crippen LogP contribution in [-0.4, -0.2) is 58.1 Å².